The van der Waals surface area contributed by atoms with Crippen LogP contribution in [0.1, 0.15) is 23.2 Å². The topological polar surface area (TPSA) is 49.4 Å². The third-order valence-corrected chi connectivity index (χ3v) is 3.73. The molecular formula is C15H18F2N2O2. The second-order valence-electron chi connectivity index (χ2n) is 5.21. The summed E-state index contributed by atoms with van der Waals surface area (Å²) in [7, 11) is 1.57. The molecular weight excluding hydrogens is 278 g/mol. The van der Waals surface area contributed by atoms with Crippen LogP contribution in [0, 0.1) is 17.6 Å². The number of amides is 1. The number of carbonyl (C=O) groups excluding carboxylic acids is 2. The molecule has 1 aromatic carbocycles. The van der Waals surface area contributed by atoms with Crippen molar-refractivity contribution >= 4 is 11.7 Å². The summed E-state index contributed by atoms with van der Waals surface area (Å²) in [5.74, 6) is -2.53. The SMILES string of the molecule is CNC(=O)C1CCCN(CC(=O)c2c(F)cccc2F)C1. The molecule has 2 rings (SSSR count). The van der Waals surface area contributed by atoms with Crippen molar-refractivity contribution < 1.29 is 18.4 Å². The Balaban J connectivity index is 2.04. The summed E-state index contributed by atoms with van der Waals surface area (Å²) >= 11 is 0. The number of hydrogen-bond donors (Lipinski definition) is 1. The third-order valence-electron chi connectivity index (χ3n) is 3.73. The molecule has 1 aromatic rings. The molecule has 0 aliphatic carbocycles. The molecule has 0 bridgehead atoms. The zero-order valence-corrected chi connectivity index (χ0v) is 11.9. The lowest BCUT2D eigenvalue weighted by Crippen LogP contribution is -2.44. The van der Waals surface area contributed by atoms with E-state index in [9.17, 15) is 18.4 Å². The van der Waals surface area contributed by atoms with Gasteiger partial charge in [-0.3, -0.25) is 14.5 Å². The number of rotatable bonds is 4. The van der Waals surface area contributed by atoms with E-state index < -0.39 is 23.0 Å². The summed E-state index contributed by atoms with van der Waals surface area (Å²) in [6.45, 7) is 1.00. The highest BCUT2D eigenvalue weighted by atomic mass is 19.1. The van der Waals surface area contributed by atoms with E-state index in [4.69, 9.17) is 0 Å². The quantitative estimate of drug-likeness (QED) is 0.859. The van der Waals surface area contributed by atoms with Crippen LogP contribution in [0.3, 0.4) is 0 Å². The van der Waals surface area contributed by atoms with Crippen LogP contribution in [0.25, 0.3) is 0 Å². The van der Waals surface area contributed by atoms with Crippen molar-refractivity contribution in [3.05, 3.63) is 35.4 Å². The Morgan fingerprint density at radius 2 is 2.00 bits per heavy atom. The molecule has 1 amide bonds. The molecule has 1 atom stereocenters. The molecule has 6 heteroatoms. The van der Waals surface area contributed by atoms with Crippen LogP contribution in [0.5, 0.6) is 0 Å². The number of piperidine rings is 1. The van der Waals surface area contributed by atoms with Crippen molar-refractivity contribution in [1.82, 2.24) is 10.2 Å². The molecule has 1 aliphatic heterocycles. The first-order valence-electron chi connectivity index (χ1n) is 6.94. The number of likely N-dealkylation sites (tertiary alicyclic amines) is 1. The monoisotopic (exact) mass is 296 g/mol. The standard InChI is InChI=1S/C15H18F2N2O2/c1-18-15(21)10-4-3-7-19(8-10)9-13(20)14-11(16)5-2-6-12(14)17/h2,5-6,10H,3-4,7-9H2,1H3,(H,18,21). The fourth-order valence-corrected chi connectivity index (χ4v) is 2.66. The maximum atomic E-state index is 13.6. The van der Waals surface area contributed by atoms with Crippen LogP contribution in [0.2, 0.25) is 0 Å². The maximum Gasteiger partial charge on any atom is 0.224 e. The molecule has 0 radical (unpaired) electrons. The summed E-state index contributed by atoms with van der Waals surface area (Å²) in [4.78, 5) is 25.5. The molecule has 1 heterocycles. The Morgan fingerprint density at radius 3 is 2.62 bits per heavy atom. The minimum absolute atomic E-state index is 0.0655. The first kappa shape index (κ1) is 15.6. The first-order valence-corrected chi connectivity index (χ1v) is 6.94. The Kier molecular flexibility index (Phi) is 5.01. The van der Waals surface area contributed by atoms with Gasteiger partial charge < -0.3 is 5.32 Å². The van der Waals surface area contributed by atoms with E-state index in [1.807, 2.05) is 0 Å². The second-order valence-corrected chi connectivity index (χ2v) is 5.21. The maximum absolute atomic E-state index is 13.6. The van der Waals surface area contributed by atoms with Crippen molar-refractivity contribution in [2.24, 2.45) is 5.92 Å². The predicted octanol–water partition coefficient (Wildman–Crippen LogP) is 1.61. The molecule has 1 saturated heterocycles. The van der Waals surface area contributed by atoms with E-state index in [1.54, 1.807) is 11.9 Å². The molecule has 1 unspecified atom stereocenters. The summed E-state index contributed by atoms with van der Waals surface area (Å²) in [6.07, 6.45) is 1.55. The van der Waals surface area contributed by atoms with Gasteiger partial charge in [0.05, 0.1) is 18.0 Å². The molecule has 1 N–H and O–H groups in total. The highest BCUT2D eigenvalue weighted by molar-refractivity contribution is 5.98. The van der Waals surface area contributed by atoms with Crippen molar-refractivity contribution in [2.75, 3.05) is 26.7 Å². The van der Waals surface area contributed by atoms with Crippen LogP contribution in [-0.4, -0.2) is 43.3 Å². The van der Waals surface area contributed by atoms with Crippen molar-refractivity contribution in [3.8, 4) is 0 Å². The first-order chi connectivity index (χ1) is 10.0. The molecule has 21 heavy (non-hydrogen) atoms. The van der Waals surface area contributed by atoms with Gasteiger partial charge in [0.15, 0.2) is 5.78 Å². The second kappa shape index (κ2) is 6.76. The number of ketones is 1. The van der Waals surface area contributed by atoms with Crippen molar-refractivity contribution in [1.29, 1.82) is 0 Å². The van der Waals surface area contributed by atoms with E-state index >= 15 is 0 Å². The molecule has 1 aliphatic rings. The Bertz CT molecular complexity index is 528. The highest BCUT2D eigenvalue weighted by Gasteiger charge is 2.27. The number of hydrogen-bond acceptors (Lipinski definition) is 3. The Morgan fingerprint density at radius 1 is 1.33 bits per heavy atom. The van der Waals surface area contributed by atoms with Gasteiger partial charge in [-0.1, -0.05) is 6.07 Å². The van der Waals surface area contributed by atoms with Crippen LogP contribution in [0.4, 0.5) is 8.78 Å². The highest BCUT2D eigenvalue weighted by Crippen LogP contribution is 2.18. The van der Waals surface area contributed by atoms with E-state index in [0.717, 1.165) is 25.0 Å². The molecule has 0 saturated carbocycles. The summed E-state index contributed by atoms with van der Waals surface area (Å²) in [5, 5.41) is 2.59. The zero-order chi connectivity index (χ0) is 15.4. The van der Waals surface area contributed by atoms with E-state index in [-0.39, 0.29) is 18.4 Å². The Hall–Kier alpha value is -1.82. The van der Waals surface area contributed by atoms with Gasteiger partial charge in [-0.15, -0.1) is 0 Å². The lowest BCUT2D eigenvalue weighted by molar-refractivity contribution is -0.126. The lowest BCUT2D eigenvalue weighted by atomic mass is 9.96. The van der Waals surface area contributed by atoms with Crippen molar-refractivity contribution in [2.45, 2.75) is 12.8 Å². The molecule has 0 aromatic heterocycles. The largest absolute Gasteiger partial charge is 0.359 e. The van der Waals surface area contributed by atoms with Gasteiger partial charge >= 0.3 is 0 Å². The molecule has 4 nitrogen and oxygen atoms in total. The van der Waals surface area contributed by atoms with Gasteiger partial charge in [0.2, 0.25) is 5.91 Å². The van der Waals surface area contributed by atoms with Crippen LogP contribution >= 0.6 is 0 Å². The van der Waals surface area contributed by atoms with Crippen molar-refractivity contribution in [3.63, 3.8) is 0 Å². The average molecular weight is 296 g/mol. The molecule has 0 spiro atoms. The van der Waals surface area contributed by atoms with Crippen LogP contribution in [0.15, 0.2) is 18.2 Å². The summed E-state index contributed by atoms with van der Waals surface area (Å²) < 4.78 is 27.1. The number of benzene rings is 1. The van der Waals surface area contributed by atoms with Crippen LogP contribution in [-0.2, 0) is 4.79 Å². The van der Waals surface area contributed by atoms with Crippen LogP contribution < -0.4 is 5.32 Å². The number of carbonyl (C=O) groups is 2. The fourth-order valence-electron chi connectivity index (χ4n) is 2.66. The number of Topliss-reactive ketones (excluding diaryl/α,β-unsaturated/α-hetero) is 1. The van der Waals surface area contributed by atoms with Gasteiger partial charge in [0.25, 0.3) is 0 Å². The minimum atomic E-state index is -0.847. The normalized spacial score (nSPS) is 19.3. The molecule has 1 fully saturated rings. The van der Waals surface area contributed by atoms with Gasteiger partial charge in [0.1, 0.15) is 11.6 Å². The number of nitrogens with zero attached hydrogens (tertiary/aromatic N) is 1. The number of nitrogens with one attached hydrogen (secondary N) is 1. The van der Waals surface area contributed by atoms with Gasteiger partial charge in [-0.05, 0) is 31.5 Å². The predicted molar refractivity (Wildman–Crippen MR) is 73.9 cm³/mol. The fraction of sp³-hybridized carbons (Fsp3) is 0.467. The van der Waals surface area contributed by atoms with Gasteiger partial charge in [-0.2, -0.15) is 0 Å². The molecule has 114 valence electrons. The third kappa shape index (κ3) is 3.64. The summed E-state index contributed by atoms with van der Waals surface area (Å²) in [6, 6.07) is 3.36. The minimum Gasteiger partial charge on any atom is -0.359 e. The number of halogens is 2. The zero-order valence-electron chi connectivity index (χ0n) is 11.9. The average Bonchev–Trinajstić information content (AvgIpc) is 2.46. The Labute approximate surface area is 122 Å². The van der Waals surface area contributed by atoms with E-state index in [0.29, 0.717) is 13.1 Å². The van der Waals surface area contributed by atoms with Gasteiger partial charge in [-0.25, -0.2) is 8.78 Å². The van der Waals surface area contributed by atoms with Gasteiger partial charge in [0, 0.05) is 13.6 Å². The smallest absolute Gasteiger partial charge is 0.224 e. The van der Waals surface area contributed by atoms with E-state index in [2.05, 4.69) is 5.32 Å². The summed E-state index contributed by atoms with van der Waals surface area (Å²) in [5.41, 5.74) is -0.500. The van der Waals surface area contributed by atoms with E-state index in [1.165, 1.54) is 6.07 Å². The lowest BCUT2D eigenvalue weighted by Gasteiger charge is -2.31.